The Morgan fingerprint density at radius 1 is 1.14 bits per heavy atom. The van der Waals surface area contributed by atoms with Crippen LogP contribution in [0.1, 0.15) is 52.4 Å². The highest BCUT2D eigenvalue weighted by molar-refractivity contribution is 5.13. The zero-order chi connectivity index (χ0) is 15.0. The van der Waals surface area contributed by atoms with E-state index < -0.39 is 0 Å². The number of likely N-dealkylation sites (N-methyl/N-ethyl adjacent to an activating group) is 1. The van der Waals surface area contributed by atoms with E-state index in [0.717, 1.165) is 25.9 Å². The molecule has 0 bridgehead atoms. The van der Waals surface area contributed by atoms with E-state index in [9.17, 15) is 5.26 Å². The normalized spacial score (nSPS) is 42.7. The third-order valence-corrected chi connectivity index (χ3v) is 5.90. The molecule has 0 aromatic heterocycles. The molecule has 0 spiro atoms. The number of hydrogen-bond donors (Lipinski definition) is 1. The van der Waals surface area contributed by atoms with Crippen molar-refractivity contribution in [2.24, 2.45) is 0 Å². The minimum absolute atomic E-state index is 0.250. The summed E-state index contributed by atoms with van der Waals surface area (Å²) in [7, 11) is 2.24. The van der Waals surface area contributed by atoms with Crippen LogP contribution in [0.25, 0.3) is 0 Å². The number of hydrogen-bond acceptors (Lipinski definition) is 4. The number of nitrogens with one attached hydrogen (secondary N) is 1. The second-order valence-corrected chi connectivity index (χ2v) is 7.68. The number of piperazine rings is 1. The highest BCUT2D eigenvalue weighted by Crippen LogP contribution is 2.35. The topological polar surface area (TPSA) is 42.3 Å². The van der Waals surface area contributed by atoms with Crippen LogP contribution >= 0.6 is 0 Å². The van der Waals surface area contributed by atoms with E-state index in [4.69, 9.17) is 0 Å². The SMILES string of the molecule is CC1CN(C2CCCC(C#N)(NC3CC3)C2)CC(C)N1C. The molecule has 2 saturated carbocycles. The third kappa shape index (κ3) is 3.26. The fraction of sp³-hybridized carbons (Fsp3) is 0.941. The van der Waals surface area contributed by atoms with E-state index in [1.165, 1.54) is 25.7 Å². The molecule has 0 amide bonds. The van der Waals surface area contributed by atoms with Crippen molar-refractivity contribution in [3.05, 3.63) is 0 Å². The van der Waals surface area contributed by atoms with Gasteiger partial charge in [-0.25, -0.2) is 0 Å². The number of nitrogens with zero attached hydrogens (tertiary/aromatic N) is 3. The van der Waals surface area contributed by atoms with Gasteiger partial charge in [0.2, 0.25) is 0 Å². The standard InChI is InChI=1S/C17H30N4/c1-13-10-21(11-14(2)20(13)3)16-5-4-8-17(9-16,12-18)19-15-6-7-15/h13-16,19H,4-11H2,1-3H3. The van der Waals surface area contributed by atoms with Crippen molar-refractivity contribution < 1.29 is 0 Å². The molecule has 1 N–H and O–H groups in total. The fourth-order valence-electron chi connectivity index (χ4n) is 4.18. The van der Waals surface area contributed by atoms with Crippen molar-refractivity contribution in [3.8, 4) is 6.07 Å². The summed E-state index contributed by atoms with van der Waals surface area (Å²) in [5.41, 5.74) is -0.250. The van der Waals surface area contributed by atoms with Gasteiger partial charge in [0.15, 0.2) is 0 Å². The Bertz CT molecular complexity index is 402. The van der Waals surface area contributed by atoms with E-state index in [2.05, 4.69) is 42.1 Å². The van der Waals surface area contributed by atoms with E-state index in [0.29, 0.717) is 24.2 Å². The van der Waals surface area contributed by atoms with Crippen LogP contribution in [0.4, 0.5) is 0 Å². The molecule has 0 radical (unpaired) electrons. The maximum atomic E-state index is 9.74. The molecule has 0 aromatic carbocycles. The molecular weight excluding hydrogens is 260 g/mol. The summed E-state index contributed by atoms with van der Waals surface area (Å²) in [6.45, 7) is 6.95. The summed E-state index contributed by atoms with van der Waals surface area (Å²) in [5, 5.41) is 13.4. The van der Waals surface area contributed by atoms with Crippen molar-refractivity contribution in [3.63, 3.8) is 0 Å². The smallest absolute Gasteiger partial charge is 0.108 e. The summed E-state index contributed by atoms with van der Waals surface area (Å²) in [5.74, 6) is 0. The summed E-state index contributed by atoms with van der Waals surface area (Å²) in [6.07, 6.45) is 7.03. The van der Waals surface area contributed by atoms with Gasteiger partial charge < -0.3 is 0 Å². The molecule has 4 atom stereocenters. The first-order valence-electron chi connectivity index (χ1n) is 8.68. The number of nitriles is 1. The largest absolute Gasteiger partial charge is 0.298 e. The lowest BCUT2D eigenvalue weighted by Gasteiger charge is -2.48. The van der Waals surface area contributed by atoms with Crippen LogP contribution in [0.3, 0.4) is 0 Å². The van der Waals surface area contributed by atoms with Crippen LogP contribution in [0.15, 0.2) is 0 Å². The lowest BCUT2D eigenvalue weighted by molar-refractivity contribution is 0.0139. The minimum Gasteiger partial charge on any atom is -0.298 e. The molecule has 3 fully saturated rings. The highest BCUT2D eigenvalue weighted by atomic mass is 15.3. The Labute approximate surface area is 129 Å². The number of rotatable bonds is 3. The first-order chi connectivity index (χ1) is 10.0. The van der Waals surface area contributed by atoms with Crippen molar-refractivity contribution in [1.82, 2.24) is 15.1 Å². The average Bonchev–Trinajstić information content (AvgIpc) is 3.28. The third-order valence-electron chi connectivity index (χ3n) is 5.90. The molecule has 3 aliphatic rings. The molecule has 1 aliphatic heterocycles. The summed E-state index contributed by atoms with van der Waals surface area (Å²) >= 11 is 0. The van der Waals surface area contributed by atoms with Crippen LogP contribution in [0, 0.1) is 11.3 Å². The zero-order valence-corrected chi connectivity index (χ0v) is 13.8. The van der Waals surface area contributed by atoms with Gasteiger partial charge in [-0.3, -0.25) is 15.1 Å². The highest BCUT2D eigenvalue weighted by Gasteiger charge is 2.43. The average molecular weight is 290 g/mol. The maximum absolute atomic E-state index is 9.74. The molecule has 3 rings (SSSR count). The zero-order valence-electron chi connectivity index (χ0n) is 13.8. The van der Waals surface area contributed by atoms with Gasteiger partial charge in [0.25, 0.3) is 0 Å². The van der Waals surface area contributed by atoms with E-state index in [1.807, 2.05) is 0 Å². The second kappa shape index (κ2) is 5.87. The molecule has 21 heavy (non-hydrogen) atoms. The summed E-state index contributed by atoms with van der Waals surface area (Å²) < 4.78 is 0. The van der Waals surface area contributed by atoms with Crippen LogP contribution in [-0.4, -0.2) is 59.6 Å². The Morgan fingerprint density at radius 3 is 2.38 bits per heavy atom. The van der Waals surface area contributed by atoms with Crippen molar-refractivity contribution in [2.45, 2.75) is 82.1 Å². The summed E-state index contributed by atoms with van der Waals surface area (Å²) in [6, 6.07) is 5.08. The predicted molar refractivity (Wildman–Crippen MR) is 85.0 cm³/mol. The van der Waals surface area contributed by atoms with Gasteiger partial charge in [-0.05, 0) is 59.4 Å². The van der Waals surface area contributed by atoms with Gasteiger partial charge in [0, 0.05) is 37.3 Å². The molecule has 1 heterocycles. The van der Waals surface area contributed by atoms with E-state index >= 15 is 0 Å². The first kappa shape index (κ1) is 15.3. The van der Waals surface area contributed by atoms with Crippen molar-refractivity contribution in [2.75, 3.05) is 20.1 Å². The Morgan fingerprint density at radius 2 is 1.81 bits per heavy atom. The Hall–Kier alpha value is -0.630. The molecule has 4 heteroatoms. The first-order valence-corrected chi connectivity index (χ1v) is 8.68. The van der Waals surface area contributed by atoms with Gasteiger partial charge in [-0.1, -0.05) is 0 Å². The second-order valence-electron chi connectivity index (χ2n) is 7.68. The van der Waals surface area contributed by atoms with Crippen LogP contribution < -0.4 is 5.32 Å². The molecule has 4 nitrogen and oxygen atoms in total. The molecule has 118 valence electrons. The van der Waals surface area contributed by atoms with Gasteiger partial charge in [0.05, 0.1) is 6.07 Å². The fourth-order valence-corrected chi connectivity index (χ4v) is 4.18. The van der Waals surface area contributed by atoms with Crippen molar-refractivity contribution >= 4 is 0 Å². The van der Waals surface area contributed by atoms with Gasteiger partial charge >= 0.3 is 0 Å². The molecular formula is C17H30N4. The lowest BCUT2D eigenvalue weighted by atomic mass is 9.78. The molecule has 2 aliphatic carbocycles. The predicted octanol–water partition coefficient (Wildman–Crippen LogP) is 1.97. The molecule has 4 unspecified atom stereocenters. The van der Waals surface area contributed by atoms with E-state index in [-0.39, 0.29) is 5.54 Å². The Kier molecular flexibility index (Phi) is 4.27. The summed E-state index contributed by atoms with van der Waals surface area (Å²) in [4.78, 5) is 5.15. The minimum atomic E-state index is -0.250. The molecule has 0 aromatic rings. The monoisotopic (exact) mass is 290 g/mol. The Balaban J connectivity index is 1.66. The van der Waals surface area contributed by atoms with Gasteiger partial charge in [-0.2, -0.15) is 5.26 Å². The van der Waals surface area contributed by atoms with Crippen LogP contribution in [-0.2, 0) is 0 Å². The van der Waals surface area contributed by atoms with Crippen molar-refractivity contribution in [1.29, 1.82) is 5.26 Å². The van der Waals surface area contributed by atoms with Gasteiger partial charge in [0.1, 0.15) is 5.54 Å². The van der Waals surface area contributed by atoms with E-state index in [1.54, 1.807) is 0 Å². The van der Waals surface area contributed by atoms with Crippen LogP contribution in [0.2, 0.25) is 0 Å². The van der Waals surface area contributed by atoms with Crippen LogP contribution in [0.5, 0.6) is 0 Å². The quantitative estimate of drug-likeness (QED) is 0.863. The van der Waals surface area contributed by atoms with Gasteiger partial charge in [-0.15, -0.1) is 0 Å². The maximum Gasteiger partial charge on any atom is 0.108 e. The molecule has 1 saturated heterocycles. The lowest BCUT2D eigenvalue weighted by Crippen LogP contribution is -2.60.